The highest BCUT2D eigenvalue weighted by Crippen LogP contribution is 2.36. The van der Waals surface area contributed by atoms with Gasteiger partial charge in [0.25, 0.3) is 0 Å². The minimum absolute atomic E-state index is 0.334. The Balaban J connectivity index is 1.75. The van der Waals surface area contributed by atoms with Gasteiger partial charge in [0.1, 0.15) is 17.3 Å². The summed E-state index contributed by atoms with van der Waals surface area (Å²) in [5.74, 6) is 0.699. The molecule has 3 nitrogen and oxygen atoms in total. The van der Waals surface area contributed by atoms with Crippen LogP contribution in [0.1, 0.15) is 11.1 Å². The quantitative estimate of drug-likeness (QED) is 0.437. The fraction of sp³-hybridized carbons (Fsp3) is 0.278. The zero-order valence-corrected chi connectivity index (χ0v) is 19.1. The molecular formula is C18H15Br2Cl2NO2S. The summed E-state index contributed by atoms with van der Waals surface area (Å²) in [6.45, 7) is 3.35. The average molecular weight is 540 g/mol. The third-order valence-corrected chi connectivity index (χ3v) is 6.19. The van der Waals surface area contributed by atoms with Crippen LogP contribution in [-0.4, -0.2) is 36.2 Å². The maximum absolute atomic E-state index is 6.21. The Morgan fingerprint density at radius 2 is 1.77 bits per heavy atom. The fourth-order valence-electron chi connectivity index (χ4n) is 2.56. The number of halogens is 4. The molecule has 0 spiro atoms. The molecule has 0 N–H and O–H groups in total. The molecule has 8 heteroatoms. The number of morpholine rings is 1. The van der Waals surface area contributed by atoms with Gasteiger partial charge in [-0.3, -0.25) is 0 Å². The second-order valence-corrected chi connectivity index (χ2v) is 8.64. The Labute approximate surface area is 184 Å². The molecule has 0 amide bonds. The van der Waals surface area contributed by atoms with Crippen molar-refractivity contribution in [1.29, 1.82) is 0 Å². The fourth-order valence-corrected chi connectivity index (χ4v) is 4.74. The van der Waals surface area contributed by atoms with E-state index in [0.29, 0.717) is 35.6 Å². The molecule has 1 saturated heterocycles. The SMILES string of the molecule is S=C(c1cc(Br)c(OCc2ccc(Cl)cc2Cl)c(Br)c1)N1CCOCC1. The first kappa shape index (κ1) is 20.4. The number of ether oxygens (including phenoxy) is 2. The Kier molecular flexibility index (Phi) is 7.22. The van der Waals surface area contributed by atoms with E-state index in [1.165, 1.54) is 0 Å². The van der Waals surface area contributed by atoms with Gasteiger partial charge in [-0.15, -0.1) is 0 Å². The van der Waals surface area contributed by atoms with Gasteiger partial charge in [0.15, 0.2) is 0 Å². The molecule has 0 radical (unpaired) electrons. The van der Waals surface area contributed by atoms with Gasteiger partial charge < -0.3 is 14.4 Å². The second-order valence-electron chi connectivity index (χ2n) is 5.70. The van der Waals surface area contributed by atoms with Gasteiger partial charge in [-0.1, -0.05) is 41.5 Å². The Morgan fingerprint density at radius 1 is 1.12 bits per heavy atom. The summed E-state index contributed by atoms with van der Waals surface area (Å²) in [5.41, 5.74) is 1.82. The molecule has 2 aromatic carbocycles. The predicted molar refractivity (Wildman–Crippen MR) is 117 cm³/mol. The van der Waals surface area contributed by atoms with Crippen molar-refractivity contribution < 1.29 is 9.47 Å². The van der Waals surface area contributed by atoms with E-state index in [-0.39, 0.29) is 0 Å². The predicted octanol–water partition coefficient (Wildman–Crippen LogP) is 6.11. The number of rotatable bonds is 4. The summed E-state index contributed by atoms with van der Waals surface area (Å²) in [6, 6.07) is 9.30. The van der Waals surface area contributed by atoms with Crippen molar-refractivity contribution in [3.63, 3.8) is 0 Å². The van der Waals surface area contributed by atoms with E-state index in [0.717, 1.165) is 38.2 Å². The van der Waals surface area contributed by atoms with E-state index in [2.05, 4.69) is 36.8 Å². The number of benzene rings is 2. The van der Waals surface area contributed by atoms with Crippen LogP contribution in [0, 0.1) is 0 Å². The van der Waals surface area contributed by atoms with Crippen molar-refractivity contribution in [1.82, 2.24) is 4.90 Å². The molecule has 0 aromatic heterocycles. The number of hydrogen-bond acceptors (Lipinski definition) is 3. The normalized spacial score (nSPS) is 14.4. The lowest BCUT2D eigenvalue weighted by Gasteiger charge is -2.29. The van der Waals surface area contributed by atoms with Gasteiger partial charge in [0.05, 0.1) is 22.2 Å². The summed E-state index contributed by atoms with van der Waals surface area (Å²) in [6.07, 6.45) is 0. The van der Waals surface area contributed by atoms with Crippen LogP contribution in [0.2, 0.25) is 10.0 Å². The molecule has 1 aliphatic rings. The minimum Gasteiger partial charge on any atom is -0.486 e. The van der Waals surface area contributed by atoms with Gasteiger partial charge in [0, 0.05) is 34.3 Å². The molecule has 26 heavy (non-hydrogen) atoms. The summed E-state index contributed by atoms with van der Waals surface area (Å²) in [4.78, 5) is 2.96. The molecule has 1 heterocycles. The van der Waals surface area contributed by atoms with Gasteiger partial charge in [-0.2, -0.15) is 0 Å². The van der Waals surface area contributed by atoms with Crippen LogP contribution in [0.3, 0.4) is 0 Å². The number of nitrogens with zero attached hydrogens (tertiary/aromatic N) is 1. The third-order valence-electron chi connectivity index (χ3n) is 3.93. The summed E-state index contributed by atoms with van der Waals surface area (Å²) in [7, 11) is 0. The Morgan fingerprint density at radius 3 is 2.38 bits per heavy atom. The van der Waals surface area contributed by atoms with Crippen molar-refractivity contribution in [3.8, 4) is 5.75 Å². The molecule has 1 aliphatic heterocycles. The van der Waals surface area contributed by atoms with E-state index >= 15 is 0 Å². The highest BCUT2D eigenvalue weighted by molar-refractivity contribution is 9.11. The van der Waals surface area contributed by atoms with E-state index in [1.807, 2.05) is 18.2 Å². The lowest BCUT2D eigenvalue weighted by Crippen LogP contribution is -2.40. The monoisotopic (exact) mass is 537 g/mol. The van der Waals surface area contributed by atoms with Crippen LogP contribution in [0.15, 0.2) is 39.3 Å². The first-order chi connectivity index (χ1) is 12.5. The van der Waals surface area contributed by atoms with Crippen LogP contribution in [-0.2, 0) is 11.3 Å². The van der Waals surface area contributed by atoms with Crippen molar-refractivity contribution in [2.24, 2.45) is 0 Å². The Hall–Kier alpha value is -0.370. The zero-order chi connectivity index (χ0) is 18.7. The van der Waals surface area contributed by atoms with Crippen LogP contribution in [0.5, 0.6) is 5.75 Å². The first-order valence-corrected chi connectivity index (χ1v) is 10.6. The average Bonchev–Trinajstić information content (AvgIpc) is 2.62. The summed E-state index contributed by atoms with van der Waals surface area (Å²) >= 11 is 24.9. The summed E-state index contributed by atoms with van der Waals surface area (Å²) in [5, 5.41) is 1.18. The lowest BCUT2D eigenvalue weighted by molar-refractivity contribution is 0.0693. The van der Waals surface area contributed by atoms with Crippen LogP contribution in [0.25, 0.3) is 0 Å². The Bertz CT molecular complexity index is 806. The molecule has 0 aliphatic carbocycles. The van der Waals surface area contributed by atoms with Gasteiger partial charge in [0.2, 0.25) is 0 Å². The maximum atomic E-state index is 6.21. The largest absolute Gasteiger partial charge is 0.486 e. The second kappa shape index (κ2) is 9.22. The maximum Gasteiger partial charge on any atom is 0.148 e. The van der Waals surface area contributed by atoms with E-state index in [1.54, 1.807) is 12.1 Å². The smallest absolute Gasteiger partial charge is 0.148 e. The van der Waals surface area contributed by atoms with Crippen molar-refractivity contribution in [2.75, 3.05) is 26.3 Å². The van der Waals surface area contributed by atoms with Gasteiger partial charge >= 0.3 is 0 Å². The molecule has 0 bridgehead atoms. The molecule has 0 saturated carbocycles. The minimum atomic E-state index is 0.334. The van der Waals surface area contributed by atoms with Crippen LogP contribution < -0.4 is 4.74 Å². The molecule has 138 valence electrons. The van der Waals surface area contributed by atoms with Crippen LogP contribution >= 0.6 is 67.3 Å². The highest BCUT2D eigenvalue weighted by atomic mass is 79.9. The zero-order valence-electron chi connectivity index (χ0n) is 13.6. The number of thiocarbonyl (C=S) groups is 1. The first-order valence-electron chi connectivity index (χ1n) is 7.88. The number of hydrogen-bond donors (Lipinski definition) is 0. The topological polar surface area (TPSA) is 21.7 Å². The van der Waals surface area contributed by atoms with Crippen LogP contribution in [0.4, 0.5) is 0 Å². The lowest BCUT2D eigenvalue weighted by atomic mass is 10.2. The van der Waals surface area contributed by atoms with Gasteiger partial charge in [-0.25, -0.2) is 0 Å². The van der Waals surface area contributed by atoms with Crippen molar-refractivity contribution in [3.05, 3.63) is 60.4 Å². The molecule has 2 aromatic rings. The van der Waals surface area contributed by atoms with Crippen molar-refractivity contribution in [2.45, 2.75) is 6.61 Å². The highest BCUT2D eigenvalue weighted by Gasteiger charge is 2.18. The molecule has 0 unspecified atom stereocenters. The molecular weight excluding hydrogens is 525 g/mol. The molecule has 0 atom stereocenters. The van der Waals surface area contributed by atoms with Gasteiger partial charge in [-0.05, 0) is 56.1 Å². The van der Waals surface area contributed by atoms with Crippen molar-refractivity contribution >= 4 is 72.3 Å². The third kappa shape index (κ3) is 4.91. The van der Waals surface area contributed by atoms with E-state index < -0.39 is 0 Å². The molecule has 1 fully saturated rings. The molecule has 3 rings (SSSR count). The van der Waals surface area contributed by atoms with E-state index in [4.69, 9.17) is 44.9 Å². The standard InChI is InChI=1S/C18H15Br2Cl2NO2S/c19-14-7-12(18(26)23-3-5-24-6-4-23)8-15(20)17(14)25-10-11-1-2-13(21)9-16(11)22/h1-2,7-9H,3-6,10H2. The summed E-state index contributed by atoms with van der Waals surface area (Å²) < 4.78 is 13.0. The van der Waals surface area contributed by atoms with E-state index in [9.17, 15) is 0 Å².